The number of piperazine rings is 1. The first-order valence-corrected chi connectivity index (χ1v) is 10.8. The molecule has 158 valence electrons. The zero-order chi connectivity index (χ0) is 20.4. The molecule has 0 radical (unpaired) electrons. The van der Waals surface area contributed by atoms with Gasteiger partial charge in [0.2, 0.25) is 0 Å². The van der Waals surface area contributed by atoms with E-state index in [1.807, 2.05) is 0 Å². The first-order chi connectivity index (χ1) is 14.1. The number of hydrogen-bond acceptors (Lipinski definition) is 7. The molecule has 8 heteroatoms. The number of anilines is 2. The van der Waals surface area contributed by atoms with Gasteiger partial charge in [0.05, 0.1) is 5.69 Å². The molecule has 2 aromatic heterocycles. The van der Waals surface area contributed by atoms with E-state index in [4.69, 9.17) is 4.98 Å². The third-order valence-electron chi connectivity index (χ3n) is 6.60. The Bertz CT molecular complexity index is 788. The third-order valence-corrected chi connectivity index (χ3v) is 6.60. The van der Waals surface area contributed by atoms with Crippen LogP contribution in [0, 0.1) is 19.8 Å². The smallest absolute Gasteiger partial charge is 0.172 e. The van der Waals surface area contributed by atoms with Gasteiger partial charge in [0, 0.05) is 75.6 Å². The number of aryl methyl sites for hydroxylation is 2. The maximum atomic E-state index is 9.41. The Kier molecular flexibility index (Phi) is 6.01. The van der Waals surface area contributed by atoms with Gasteiger partial charge in [0.25, 0.3) is 0 Å². The molecule has 2 saturated heterocycles. The van der Waals surface area contributed by atoms with Crippen LogP contribution in [0.25, 0.3) is 0 Å². The quantitative estimate of drug-likeness (QED) is 0.794. The summed E-state index contributed by atoms with van der Waals surface area (Å²) in [6, 6.07) is 0.356. The molecular formula is C21H33N7O. The zero-order valence-corrected chi connectivity index (χ0v) is 17.8. The van der Waals surface area contributed by atoms with Crippen LogP contribution in [0.3, 0.4) is 0 Å². The van der Waals surface area contributed by atoms with Crippen LogP contribution in [-0.2, 0) is 0 Å². The van der Waals surface area contributed by atoms with Crippen LogP contribution in [0.2, 0.25) is 0 Å². The predicted octanol–water partition coefficient (Wildman–Crippen LogP) is 1.91. The molecule has 0 amide bonds. The monoisotopic (exact) mass is 399 g/mol. The number of nitrogens with zero attached hydrogens (tertiary/aromatic N) is 6. The molecule has 0 aliphatic carbocycles. The molecule has 2 aliphatic heterocycles. The molecule has 2 fully saturated rings. The minimum absolute atomic E-state index is 0.289. The number of nitrogens with one attached hydrogen (secondary N) is 1. The molecule has 2 aliphatic rings. The molecule has 4 heterocycles. The van der Waals surface area contributed by atoms with Crippen molar-refractivity contribution in [3.05, 3.63) is 29.3 Å². The lowest BCUT2D eigenvalue weighted by atomic mass is 9.98. The largest absolute Gasteiger partial charge is 0.396 e. The highest BCUT2D eigenvalue weighted by molar-refractivity contribution is 5.62. The van der Waals surface area contributed by atoms with E-state index >= 15 is 0 Å². The highest BCUT2D eigenvalue weighted by atomic mass is 16.3. The molecule has 0 spiro atoms. The fraction of sp³-hybridized carbons (Fsp3) is 0.667. The predicted molar refractivity (Wildman–Crippen MR) is 114 cm³/mol. The minimum Gasteiger partial charge on any atom is -0.396 e. The van der Waals surface area contributed by atoms with Gasteiger partial charge >= 0.3 is 0 Å². The van der Waals surface area contributed by atoms with Crippen LogP contribution in [0.15, 0.2) is 12.4 Å². The van der Waals surface area contributed by atoms with Crippen molar-refractivity contribution >= 4 is 11.6 Å². The second kappa shape index (κ2) is 8.67. The highest BCUT2D eigenvalue weighted by Gasteiger charge is 2.29. The lowest BCUT2D eigenvalue weighted by molar-refractivity contribution is 0.197. The highest BCUT2D eigenvalue weighted by Crippen LogP contribution is 2.31. The molecule has 1 atom stereocenters. The van der Waals surface area contributed by atoms with Crippen molar-refractivity contribution in [3.8, 4) is 0 Å². The molecule has 29 heavy (non-hydrogen) atoms. The summed E-state index contributed by atoms with van der Waals surface area (Å²) in [6.07, 6.45) is 5.62. The lowest BCUT2D eigenvalue weighted by Crippen LogP contribution is -2.48. The van der Waals surface area contributed by atoms with Gasteiger partial charge in [-0.15, -0.1) is 0 Å². The average Bonchev–Trinajstić information content (AvgIpc) is 3.11. The summed E-state index contributed by atoms with van der Waals surface area (Å²) in [5, 5.41) is 16.9. The van der Waals surface area contributed by atoms with Crippen molar-refractivity contribution in [3.63, 3.8) is 0 Å². The Hall–Kier alpha value is -2.19. The molecule has 0 bridgehead atoms. The maximum absolute atomic E-state index is 9.41. The number of aromatic amines is 1. The number of aliphatic hydroxyl groups excluding tert-OH is 1. The van der Waals surface area contributed by atoms with Gasteiger partial charge < -0.3 is 14.9 Å². The van der Waals surface area contributed by atoms with Crippen molar-refractivity contribution in [2.45, 2.75) is 39.7 Å². The lowest BCUT2D eigenvalue weighted by Gasteiger charge is -2.40. The summed E-state index contributed by atoms with van der Waals surface area (Å²) in [5.74, 6) is 2.41. The minimum atomic E-state index is 0.289. The fourth-order valence-corrected chi connectivity index (χ4v) is 4.78. The van der Waals surface area contributed by atoms with Crippen molar-refractivity contribution in [1.82, 2.24) is 25.1 Å². The molecule has 2 N–H and O–H groups in total. The summed E-state index contributed by atoms with van der Waals surface area (Å²) in [7, 11) is 0. The van der Waals surface area contributed by atoms with Crippen molar-refractivity contribution < 1.29 is 5.11 Å². The van der Waals surface area contributed by atoms with Crippen LogP contribution in [0.5, 0.6) is 0 Å². The standard InChI is InChI=1S/C21H33N7O/c1-15-19(16(2)25-24-15)17(3)26-10-12-28(13-11-26)21-20(22-6-7-23-21)27-8-4-18(14-29)5-9-27/h6-7,17-18,29H,4-5,8-14H2,1-3H3,(H,24,25). The molecule has 2 aromatic rings. The van der Waals surface area contributed by atoms with Crippen LogP contribution in [0.4, 0.5) is 11.6 Å². The SMILES string of the molecule is Cc1n[nH]c(C)c1C(C)N1CCN(c2nccnc2N2CCC(CO)CC2)CC1. The van der Waals surface area contributed by atoms with Gasteiger partial charge in [-0.25, -0.2) is 9.97 Å². The first-order valence-electron chi connectivity index (χ1n) is 10.8. The Morgan fingerprint density at radius 3 is 2.10 bits per heavy atom. The van der Waals surface area contributed by atoms with Gasteiger partial charge in [0.1, 0.15) is 0 Å². The summed E-state index contributed by atoms with van der Waals surface area (Å²) < 4.78 is 0. The average molecular weight is 400 g/mol. The molecule has 4 rings (SSSR count). The summed E-state index contributed by atoms with van der Waals surface area (Å²) in [5.41, 5.74) is 3.59. The summed E-state index contributed by atoms with van der Waals surface area (Å²) >= 11 is 0. The molecule has 0 aromatic carbocycles. The van der Waals surface area contributed by atoms with E-state index in [-0.39, 0.29) is 6.61 Å². The van der Waals surface area contributed by atoms with Crippen LogP contribution in [0.1, 0.15) is 42.8 Å². The van der Waals surface area contributed by atoms with E-state index in [1.165, 1.54) is 11.3 Å². The van der Waals surface area contributed by atoms with Crippen molar-refractivity contribution in [1.29, 1.82) is 0 Å². The van der Waals surface area contributed by atoms with Gasteiger partial charge in [-0.1, -0.05) is 0 Å². The maximum Gasteiger partial charge on any atom is 0.172 e. The Morgan fingerprint density at radius 2 is 1.59 bits per heavy atom. The normalized spacial score (nSPS) is 20.3. The fourth-order valence-electron chi connectivity index (χ4n) is 4.78. The first kappa shape index (κ1) is 20.1. The number of H-pyrrole nitrogens is 1. The van der Waals surface area contributed by atoms with E-state index < -0.39 is 0 Å². The number of aliphatic hydroxyl groups is 1. The van der Waals surface area contributed by atoms with E-state index in [9.17, 15) is 5.11 Å². The van der Waals surface area contributed by atoms with Crippen molar-refractivity contribution in [2.75, 3.05) is 55.7 Å². The van der Waals surface area contributed by atoms with Gasteiger partial charge in [-0.3, -0.25) is 10.00 Å². The van der Waals surface area contributed by atoms with E-state index in [1.54, 1.807) is 12.4 Å². The topological polar surface area (TPSA) is 84.4 Å². The van der Waals surface area contributed by atoms with Crippen molar-refractivity contribution in [2.24, 2.45) is 5.92 Å². The Morgan fingerprint density at radius 1 is 1.00 bits per heavy atom. The molecular weight excluding hydrogens is 366 g/mol. The summed E-state index contributed by atoms with van der Waals surface area (Å²) in [4.78, 5) is 16.6. The van der Waals surface area contributed by atoms with E-state index in [0.29, 0.717) is 12.0 Å². The Balaban J connectivity index is 1.43. The van der Waals surface area contributed by atoms with Crippen LogP contribution >= 0.6 is 0 Å². The third kappa shape index (κ3) is 4.09. The Labute approximate surface area is 172 Å². The second-order valence-corrected chi connectivity index (χ2v) is 8.36. The zero-order valence-electron chi connectivity index (χ0n) is 17.8. The van der Waals surface area contributed by atoms with Gasteiger partial charge in [-0.05, 0) is 39.5 Å². The second-order valence-electron chi connectivity index (χ2n) is 8.36. The van der Waals surface area contributed by atoms with Crippen LogP contribution < -0.4 is 9.80 Å². The number of aromatic nitrogens is 4. The van der Waals surface area contributed by atoms with Gasteiger partial charge in [0.15, 0.2) is 11.6 Å². The number of rotatable bonds is 5. The number of hydrogen-bond donors (Lipinski definition) is 2. The molecule has 8 nitrogen and oxygen atoms in total. The summed E-state index contributed by atoms with van der Waals surface area (Å²) in [6.45, 7) is 12.5. The molecule has 0 saturated carbocycles. The molecule has 1 unspecified atom stereocenters. The van der Waals surface area contributed by atoms with Crippen LogP contribution in [-0.4, -0.2) is 76.0 Å². The van der Waals surface area contributed by atoms with E-state index in [0.717, 1.165) is 69.4 Å². The number of piperidine rings is 1. The van der Waals surface area contributed by atoms with Gasteiger partial charge in [-0.2, -0.15) is 5.10 Å². The van der Waals surface area contributed by atoms with E-state index in [2.05, 4.69) is 50.7 Å².